The summed E-state index contributed by atoms with van der Waals surface area (Å²) in [7, 11) is 0. The summed E-state index contributed by atoms with van der Waals surface area (Å²) >= 11 is 0. The van der Waals surface area contributed by atoms with Crippen molar-refractivity contribution < 1.29 is 9.90 Å². The molecule has 15 heavy (non-hydrogen) atoms. The number of nitrogens with zero attached hydrogens (tertiary/aromatic N) is 1. The summed E-state index contributed by atoms with van der Waals surface area (Å²) in [5.41, 5.74) is 0. The molecular weight excluding hydrogens is 190 g/mol. The van der Waals surface area contributed by atoms with E-state index in [1.807, 2.05) is 6.08 Å². The summed E-state index contributed by atoms with van der Waals surface area (Å²) in [5.74, 6) is -0.124. The minimum Gasteiger partial charge on any atom is -0.481 e. The zero-order chi connectivity index (χ0) is 11.3. The Labute approximate surface area is 91.8 Å². The van der Waals surface area contributed by atoms with Gasteiger partial charge in [-0.3, -0.25) is 9.69 Å². The third-order valence-corrected chi connectivity index (χ3v) is 3.23. The molecule has 1 rings (SSSR count). The van der Waals surface area contributed by atoms with Gasteiger partial charge in [0.2, 0.25) is 0 Å². The topological polar surface area (TPSA) is 40.5 Å². The van der Waals surface area contributed by atoms with Crippen molar-refractivity contribution in [3.8, 4) is 0 Å². The Bertz CT molecular complexity index is 228. The molecule has 86 valence electrons. The molecule has 0 amide bonds. The number of hydrogen-bond acceptors (Lipinski definition) is 2. The first-order valence-electron chi connectivity index (χ1n) is 5.72. The second kappa shape index (κ2) is 5.91. The molecule has 2 atom stereocenters. The molecule has 2 unspecified atom stereocenters. The number of rotatable bonds is 5. The Morgan fingerprint density at radius 1 is 1.73 bits per heavy atom. The largest absolute Gasteiger partial charge is 0.481 e. The maximum absolute atomic E-state index is 10.5. The molecule has 0 radical (unpaired) electrons. The van der Waals surface area contributed by atoms with Crippen molar-refractivity contribution in [2.24, 2.45) is 5.92 Å². The molecule has 3 nitrogen and oxygen atoms in total. The van der Waals surface area contributed by atoms with Gasteiger partial charge in [-0.2, -0.15) is 0 Å². The van der Waals surface area contributed by atoms with Crippen LogP contribution in [0, 0.1) is 5.92 Å². The van der Waals surface area contributed by atoms with Crippen LogP contribution >= 0.6 is 0 Å². The zero-order valence-corrected chi connectivity index (χ0v) is 9.48. The van der Waals surface area contributed by atoms with Crippen molar-refractivity contribution in [2.75, 3.05) is 13.1 Å². The second-order valence-electron chi connectivity index (χ2n) is 4.41. The molecular formula is C12H21NO2. The van der Waals surface area contributed by atoms with Gasteiger partial charge < -0.3 is 5.11 Å². The van der Waals surface area contributed by atoms with Crippen LogP contribution in [-0.4, -0.2) is 35.1 Å². The Balaban J connectivity index is 2.35. The molecule has 0 bridgehead atoms. The number of aliphatic carboxylic acids is 1. The zero-order valence-electron chi connectivity index (χ0n) is 9.48. The van der Waals surface area contributed by atoms with Gasteiger partial charge in [-0.25, -0.2) is 0 Å². The van der Waals surface area contributed by atoms with Gasteiger partial charge in [-0.05, 0) is 38.6 Å². The average molecular weight is 211 g/mol. The summed E-state index contributed by atoms with van der Waals surface area (Å²) in [5, 5.41) is 8.64. The van der Waals surface area contributed by atoms with E-state index in [-0.39, 0.29) is 0 Å². The van der Waals surface area contributed by atoms with Gasteiger partial charge in [0.1, 0.15) is 0 Å². The van der Waals surface area contributed by atoms with Crippen LogP contribution in [0.15, 0.2) is 12.7 Å². The van der Waals surface area contributed by atoms with Crippen LogP contribution < -0.4 is 0 Å². The third-order valence-electron chi connectivity index (χ3n) is 3.23. The van der Waals surface area contributed by atoms with Crippen LogP contribution in [0.1, 0.15) is 32.6 Å². The molecule has 0 aromatic rings. The quantitative estimate of drug-likeness (QED) is 0.708. The van der Waals surface area contributed by atoms with E-state index in [0.29, 0.717) is 18.4 Å². The number of carbonyl (C=O) groups is 1. The van der Waals surface area contributed by atoms with E-state index in [2.05, 4.69) is 18.4 Å². The summed E-state index contributed by atoms with van der Waals surface area (Å²) in [6.07, 6.45) is 5.44. The highest BCUT2D eigenvalue weighted by atomic mass is 16.4. The molecule has 0 aromatic heterocycles. The number of carboxylic acid groups (broad SMARTS) is 1. The molecule has 1 fully saturated rings. The molecule has 0 aliphatic carbocycles. The van der Waals surface area contributed by atoms with Crippen molar-refractivity contribution in [1.82, 2.24) is 4.90 Å². The Morgan fingerprint density at radius 2 is 2.47 bits per heavy atom. The molecule has 3 heteroatoms. The Morgan fingerprint density at radius 3 is 3.07 bits per heavy atom. The Hall–Kier alpha value is -0.830. The first kappa shape index (κ1) is 12.2. The molecule has 1 saturated heterocycles. The fourth-order valence-corrected chi connectivity index (χ4v) is 2.18. The van der Waals surface area contributed by atoms with Crippen molar-refractivity contribution in [1.29, 1.82) is 0 Å². The maximum atomic E-state index is 10.5. The normalized spacial score (nSPS) is 24.7. The third kappa shape index (κ3) is 4.04. The van der Waals surface area contributed by atoms with Crippen LogP contribution in [0.2, 0.25) is 0 Å². The van der Waals surface area contributed by atoms with Crippen molar-refractivity contribution in [3.05, 3.63) is 12.7 Å². The highest BCUT2D eigenvalue weighted by molar-refractivity contribution is 5.66. The van der Waals surface area contributed by atoms with Gasteiger partial charge in [-0.15, -0.1) is 6.58 Å². The van der Waals surface area contributed by atoms with Crippen LogP contribution in [0.5, 0.6) is 0 Å². The van der Waals surface area contributed by atoms with Crippen LogP contribution in [0.25, 0.3) is 0 Å². The van der Waals surface area contributed by atoms with E-state index >= 15 is 0 Å². The van der Waals surface area contributed by atoms with E-state index in [9.17, 15) is 4.79 Å². The lowest BCUT2D eigenvalue weighted by molar-refractivity contribution is -0.137. The van der Waals surface area contributed by atoms with Crippen molar-refractivity contribution in [3.63, 3.8) is 0 Å². The number of carboxylic acids is 1. The number of piperidine rings is 1. The predicted molar refractivity (Wildman–Crippen MR) is 60.8 cm³/mol. The number of likely N-dealkylation sites (tertiary alicyclic amines) is 1. The van der Waals surface area contributed by atoms with Gasteiger partial charge in [0.25, 0.3) is 0 Å². The predicted octanol–water partition coefficient (Wildman–Crippen LogP) is 2.14. The van der Waals surface area contributed by atoms with Gasteiger partial charge in [0.15, 0.2) is 0 Å². The van der Waals surface area contributed by atoms with E-state index in [1.54, 1.807) is 0 Å². The highest BCUT2D eigenvalue weighted by Crippen LogP contribution is 2.22. The smallest absolute Gasteiger partial charge is 0.303 e. The van der Waals surface area contributed by atoms with Crippen molar-refractivity contribution in [2.45, 2.75) is 38.6 Å². The van der Waals surface area contributed by atoms with Crippen LogP contribution in [0.3, 0.4) is 0 Å². The maximum Gasteiger partial charge on any atom is 0.303 e. The molecule has 1 aliphatic rings. The Kier molecular flexibility index (Phi) is 4.82. The summed E-state index contributed by atoms with van der Waals surface area (Å²) in [4.78, 5) is 12.9. The molecule has 0 saturated carbocycles. The van der Waals surface area contributed by atoms with Crippen molar-refractivity contribution >= 4 is 5.97 Å². The summed E-state index contributed by atoms with van der Waals surface area (Å²) in [6, 6.07) is 0.414. The van der Waals surface area contributed by atoms with E-state index < -0.39 is 5.97 Å². The molecule has 1 heterocycles. The highest BCUT2D eigenvalue weighted by Gasteiger charge is 2.22. The van der Waals surface area contributed by atoms with E-state index in [1.165, 1.54) is 12.8 Å². The van der Waals surface area contributed by atoms with E-state index in [4.69, 9.17) is 5.11 Å². The standard InChI is InChI=1S/C12H21NO2/c1-3-10(2)13-8-4-5-11(9-13)6-7-12(14)15/h3,10-11H,1,4-9H2,2H3,(H,14,15). The fourth-order valence-electron chi connectivity index (χ4n) is 2.18. The monoisotopic (exact) mass is 211 g/mol. The van der Waals surface area contributed by atoms with E-state index in [0.717, 1.165) is 19.5 Å². The first-order chi connectivity index (χ1) is 7.13. The first-order valence-corrected chi connectivity index (χ1v) is 5.72. The lowest BCUT2D eigenvalue weighted by Gasteiger charge is -2.35. The fraction of sp³-hybridized carbons (Fsp3) is 0.750. The minimum atomic E-state index is -0.677. The summed E-state index contributed by atoms with van der Waals surface area (Å²) in [6.45, 7) is 8.09. The second-order valence-corrected chi connectivity index (χ2v) is 4.41. The lowest BCUT2D eigenvalue weighted by atomic mass is 9.92. The van der Waals surface area contributed by atoms with Gasteiger partial charge >= 0.3 is 5.97 Å². The van der Waals surface area contributed by atoms with Gasteiger partial charge in [-0.1, -0.05) is 6.08 Å². The summed E-state index contributed by atoms with van der Waals surface area (Å²) < 4.78 is 0. The molecule has 0 aromatic carbocycles. The average Bonchev–Trinajstić information content (AvgIpc) is 2.25. The van der Waals surface area contributed by atoms with Gasteiger partial charge in [0.05, 0.1) is 0 Å². The van der Waals surface area contributed by atoms with Crippen LogP contribution in [0.4, 0.5) is 0 Å². The lowest BCUT2D eigenvalue weighted by Crippen LogP contribution is -2.40. The number of hydrogen-bond donors (Lipinski definition) is 1. The molecule has 1 aliphatic heterocycles. The molecule has 0 spiro atoms. The van der Waals surface area contributed by atoms with Gasteiger partial charge in [0, 0.05) is 19.0 Å². The SMILES string of the molecule is C=CC(C)N1CCCC(CCC(=O)O)C1. The molecule has 1 N–H and O–H groups in total. The van der Waals surface area contributed by atoms with Crippen LogP contribution in [-0.2, 0) is 4.79 Å². The minimum absolute atomic E-state index is 0.307.